The van der Waals surface area contributed by atoms with Crippen molar-refractivity contribution in [3.63, 3.8) is 0 Å². The molecule has 1 heterocycles. The molecule has 232 valence electrons. The number of esters is 1. The minimum absolute atomic E-state index is 0.141. The Morgan fingerprint density at radius 2 is 1.36 bits per heavy atom. The van der Waals surface area contributed by atoms with Crippen molar-refractivity contribution in [1.82, 2.24) is 20.7 Å². The molecule has 4 aromatic rings. The summed E-state index contributed by atoms with van der Waals surface area (Å²) in [4.78, 5) is 42.0. The van der Waals surface area contributed by atoms with Gasteiger partial charge in [0, 0.05) is 42.8 Å². The van der Waals surface area contributed by atoms with Gasteiger partial charge in [0.05, 0.1) is 18.7 Å². The Labute approximate surface area is 263 Å². The van der Waals surface area contributed by atoms with E-state index in [2.05, 4.69) is 63.5 Å². The van der Waals surface area contributed by atoms with Gasteiger partial charge in [-0.15, -0.1) is 0 Å². The summed E-state index contributed by atoms with van der Waals surface area (Å²) in [7, 11) is 1.28. The van der Waals surface area contributed by atoms with E-state index < -0.39 is 17.8 Å². The van der Waals surface area contributed by atoms with Gasteiger partial charge in [-0.05, 0) is 79.1 Å². The van der Waals surface area contributed by atoms with Crippen LogP contribution in [0.5, 0.6) is 5.75 Å². The fourth-order valence-electron chi connectivity index (χ4n) is 5.84. The number of piperazine rings is 1. The minimum Gasteiger partial charge on any atom is -0.508 e. The largest absolute Gasteiger partial charge is 0.508 e. The number of hydrogen-bond acceptors (Lipinski definition) is 7. The van der Waals surface area contributed by atoms with Gasteiger partial charge >= 0.3 is 5.97 Å². The molecule has 0 radical (unpaired) electrons. The van der Waals surface area contributed by atoms with Crippen LogP contribution in [0.4, 0.5) is 0 Å². The number of nitrogens with zero attached hydrogens (tertiary/aromatic N) is 2. The number of aromatic hydroxyl groups is 1. The molecule has 0 aromatic heterocycles. The van der Waals surface area contributed by atoms with Crippen LogP contribution < -0.4 is 10.9 Å². The average molecular weight is 607 g/mol. The second-order valence-corrected chi connectivity index (χ2v) is 11.4. The van der Waals surface area contributed by atoms with Crippen molar-refractivity contribution >= 4 is 17.8 Å². The fraction of sp³-hybridized carbons (Fsp3) is 0.250. The summed E-state index contributed by atoms with van der Waals surface area (Å²) in [6.45, 7) is 7.07. The van der Waals surface area contributed by atoms with E-state index in [9.17, 15) is 19.5 Å². The Morgan fingerprint density at radius 1 is 0.756 bits per heavy atom. The van der Waals surface area contributed by atoms with Crippen LogP contribution in [-0.4, -0.2) is 65.0 Å². The highest BCUT2D eigenvalue weighted by atomic mass is 16.5. The maximum absolute atomic E-state index is 12.9. The molecule has 3 atom stereocenters. The number of benzene rings is 4. The van der Waals surface area contributed by atoms with E-state index in [0.29, 0.717) is 17.2 Å². The molecular weight excluding hydrogens is 568 g/mol. The lowest BCUT2D eigenvalue weighted by molar-refractivity contribution is 0.0195. The Morgan fingerprint density at radius 3 is 1.96 bits per heavy atom. The summed E-state index contributed by atoms with van der Waals surface area (Å²) < 4.78 is 4.67. The molecule has 9 heteroatoms. The average Bonchev–Trinajstić information content (AvgIpc) is 3.06. The molecule has 5 rings (SSSR count). The number of hydrogen-bond donors (Lipinski definition) is 3. The molecule has 1 aliphatic heterocycles. The molecule has 3 N–H and O–H groups in total. The van der Waals surface area contributed by atoms with Crippen LogP contribution >= 0.6 is 0 Å². The van der Waals surface area contributed by atoms with Crippen molar-refractivity contribution in [2.45, 2.75) is 38.5 Å². The molecule has 0 bridgehead atoms. The Balaban J connectivity index is 1.29. The maximum Gasteiger partial charge on any atom is 0.337 e. The van der Waals surface area contributed by atoms with Crippen LogP contribution in [0.25, 0.3) is 0 Å². The Kier molecular flexibility index (Phi) is 9.92. The van der Waals surface area contributed by atoms with E-state index in [1.807, 2.05) is 30.3 Å². The molecule has 0 spiro atoms. The second-order valence-electron chi connectivity index (χ2n) is 11.4. The molecule has 45 heavy (non-hydrogen) atoms. The quantitative estimate of drug-likeness (QED) is 0.193. The summed E-state index contributed by atoms with van der Waals surface area (Å²) in [5.74, 6) is -1.28. The predicted octanol–water partition coefficient (Wildman–Crippen LogP) is 4.94. The second kappa shape index (κ2) is 14.2. The van der Waals surface area contributed by atoms with E-state index in [4.69, 9.17) is 0 Å². The summed E-state index contributed by atoms with van der Waals surface area (Å²) in [5, 5.41) is 10.3. The lowest BCUT2D eigenvalue weighted by Crippen LogP contribution is -2.56. The first kappa shape index (κ1) is 31.4. The van der Waals surface area contributed by atoms with Crippen molar-refractivity contribution in [2.24, 2.45) is 0 Å². The molecule has 1 fully saturated rings. The van der Waals surface area contributed by atoms with Gasteiger partial charge < -0.3 is 9.84 Å². The topological polar surface area (TPSA) is 111 Å². The van der Waals surface area contributed by atoms with Crippen LogP contribution in [0, 0.1) is 0 Å². The highest BCUT2D eigenvalue weighted by molar-refractivity contribution is 5.99. The lowest BCUT2D eigenvalue weighted by atomic mass is 9.92. The van der Waals surface area contributed by atoms with E-state index in [1.165, 1.54) is 36.9 Å². The third kappa shape index (κ3) is 7.57. The summed E-state index contributed by atoms with van der Waals surface area (Å²) in [6.07, 6.45) is 0. The van der Waals surface area contributed by atoms with E-state index in [0.717, 1.165) is 30.8 Å². The Bertz CT molecular complexity index is 1630. The zero-order valence-electron chi connectivity index (χ0n) is 25.6. The smallest absolute Gasteiger partial charge is 0.337 e. The monoisotopic (exact) mass is 606 g/mol. The highest BCUT2D eigenvalue weighted by Gasteiger charge is 2.35. The number of nitrogens with one attached hydrogen (secondary N) is 2. The Hall–Kier alpha value is -4.99. The molecule has 3 unspecified atom stereocenters. The van der Waals surface area contributed by atoms with Crippen molar-refractivity contribution in [2.75, 3.05) is 20.2 Å². The zero-order valence-corrected chi connectivity index (χ0v) is 25.6. The molecule has 4 aromatic carbocycles. The fourth-order valence-corrected chi connectivity index (χ4v) is 5.84. The molecule has 0 aliphatic carbocycles. The maximum atomic E-state index is 12.9. The number of hydrazine groups is 1. The summed E-state index contributed by atoms with van der Waals surface area (Å²) >= 11 is 0. The number of methoxy groups -OCH3 is 1. The van der Waals surface area contributed by atoms with Crippen LogP contribution in [0.2, 0.25) is 0 Å². The third-order valence-electron chi connectivity index (χ3n) is 8.26. The standard InChI is InChI=1S/C36H38N4O5/c1-24-22-40(25(2)21-39(24)23-26-8-5-4-6-9-26)33(31-10-7-11-32(41)20-31)27-12-14-28(15-13-27)34(42)37-38-35(43)29-16-18-30(19-17-29)36(44)45-3/h4-20,24-25,33,41H,21-23H2,1-3H3,(H,37,42)(H,38,43). The number of amides is 2. The van der Waals surface area contributed by atoms with Gasteiger partial charge in [0.15, 0.2) is 0 Å². The third-order valence-corrected chi connectivity index (χ3v) is 8.26. The van der Waals surface area contributed by atoms with Crippen molar-refractivity contribution in [3.05, 3.63) is 137 Å². The number of carbonyl (C=O) groups excluding carboxylic acids is 3. The van der Waals surface area contributed by atoms with Gasteiger partial charge in [0.25, 0.3) is 11.8 Å². The number of rotatable bonds is 8. The van der Waals surface area contributed by atoms with Gasteiger partial charge in [-0.3, -0.25) is 30.2 Å². The number of phenolic OH excluding ortho intramolecular Hbond substituents is 1. The lowest BCUT2D eigenvalue weighted by Gasteiger charge is -2.47. The first-order valence-electron chi connectivity index (χ1n) is 14.9. The van der Waals surface area contributed by atoms with Gasteiger partial charge in [0.1, 0.15) is 5.75 Å². The minimum atomic E-state index is -0.519. The van der Waals surface area contributed by atoms with Crippen LogP contribution in [0.3, 0.4) is 0 Å². The number of carbonyl (C=O) groups is 3. The molecular formula is C36H38N4O5. The van der Waals surface area contributed by atoms with Gasteiger partial charge in [-0.2, -0.15) is 0 Å². The summed E-state index contributed by atoms with van der Waals surface area (Å²) in [5.41, 5.74) is 9.09. The SMILES string of the molecule is COC(=O)c1ccc(C(=O)NNC(=O)c2ccc(C(c3cccc(O)c3)N3CC(C)N(Cc4ccccc4)CC3C)cc2)cc1. The normalized spacial score (nSPS) is 17.7. The number of ether oxygens (including phenoxy) is 1. The molecule has 1 saturated heterocycles. The van der Waals surface area contributed by atoms with Gasteiger partial charge in [-0.1, -0.05) is 54.6 Å². The molecule has 2 amide bonds. The molecule has 0 saturated carbocycles. The van der Waals surface area contributed by atoms with E-state index in [1.54, 1.807) is 24.3 Å². The van der Waals surface area contributed by atoms with Gasteiger partial charge in [-0.25, -0.2) is 4.79 Å². The van der Waals surface area contributed by atoms with E-state index >= 15 is 0 Å². The highest BCUT2D eigenvalue weighted by Crippen LogP contribution is 2.35. The van der Waals surface area contributed by atoms with Crippen molar-refractivity contribution in [3.8, 4) is 5.75 Å². The van der Waals surface area contributed by atoms with Crippen LogP contribution in [0.15, 0.2) is 103 Å². The molecule has 9 nitrogen and oxygen atoms in total. The molecule has 1 aliphatic rings. The summed E-state index contributed by atoms with van der Waals surface area (Å²) in [6, 6.07) is 31.4. The van der Waals surface area contributed by atoms with Crippen molar-refractivity contribution in [1.29, 1.82) is 0 Å². The van der Waals surface area contributed by atoms with Crippen LogP contribution in [0.1, 0.15) is 67.7 Å². The van der Waals surface area contributed by atoms with E-state index in [-0.39, 0.29) is 23.4 Å². The predicted molar refractivity (Wildman–Crippen MR) is 172 cm³/mol. The first-order chi connectivity index (χ1) is 21.7. The van der Waals surface area contributed by atoms with Crippen molar-refractivity contribution < 1.29 is 24.2 Å². The van der Waals surface area contributed by atoms with Crippen LogP contribution in [-0.2, 0) is 11.3 Å². The zero-order chi connectivity index (χ0) is 31.9. The van der Waals surface area contributed by atoms with Gasteiger partial charge in [0.2, 0.25) is 0 Å². The first-order valence-corrected chi connectivity index (χ1v) is 14.9. The number of phenols is 1.